The van der Waals surface area contributed by atoms with E-state index in [9.17, 15) is 9.59 Å². The number of tetrazole rings is 1. The summed E-state index contributed by atoms with van der Waals surface area (Å²) in [6.07, 6.45) is 4.53. The largest absolute Gasteiger partial charge is 0.444 e. The third kappa shape index (κ3) is 7.03. The molecule has 0 atom stereocenters. The highest BCUT2D eigenvalue weighted by Crippen LogP contribution is 2.21. The maximum Gasteiger partial charge on any atom is 0.410 e. The summed E-state index contributed by atoms with van der Waals surface area (Å²) in [5.74, 6) is 0.527. The number of hydrogen-bond acceptors (Lipinski definition) is 6. The van der Waals surface area contributed by atoms with Gasteiger partial charge in [-0.05, 0) is 82.0 Å². The highest BCUT2D eigenvalue weighted by Gasteiger charge is 2.30. The Bertz CT molecular complexity index is 1040. The zero-order valence-corrected chi connectivity index (χ0v) is 21.2. The fraction of sp³-hybridized carbons (Fsp3) is 0.542. The first-order chi connectivity index (χ1) is 16.1. The van der Waals surface area contributed by atoms with Crippen molar-refractivity contribution in [3.63, 3.8) is 0 Å². The summed E-state index contributed by atoms with van der Waals surface area (Å²) >= 11 is 6.19. The number of carbonyl (C=O) groups excluding carboxylic acids is 2. The van der Waals surface area contributed by atoms with Gasteiger partial charge in [0.25, 0.3) is 0 Å². The van der Waals surface area contributed by atoms with Crippen molar-refractivity contribution in [3.05, 3.63) is 46.2 Å². The van der Waals surface area contributed by atoms with Crippen LogP contribution in [0.2, 0.25) is 5.02 Å². The number of likely N-dealkylation sites (tertiary alicyclic amines) is 1. The molecule has 0 radical (unpaired) electrons. The van der Waals surface area contributed by atoms with Crippen LogP contribution in [0.15, 0.2) is 24.3 Å². The van der Waals surface area contributed by atoms with Gasteiger partial charge < -0.3 is 14.5 Å². The van der Waals surface area contributed by atoms with Crippen molar-refractivity contribution in [1.82, 2.24) is 30.0 Å². The van der Waals surface area contributed by atoms with Gasteiger partial charge in [-0.1, -0.05) is 17.7 Å². The van der Waals surface area contributed by atoms with E-state index in [1.54, 1.807) is 30.0 Å². The van der Waals surface area contributed by atoms with Crippen LogP contribution in [-0.2, 0) is 16.1 Å². The number of carbonyl (C=O) groups is 2. The average molecular weight is 489 g/mol. The Labute approximate surface area is 205 Å². The van der Waals surface area contributed by atoms with E-state index in [4.69, 9.17) is 16.3 Å². The van der Waals surface area contributed by atoms with Gasteiger partial charge >= 0.3 is 6.09 Å². The maximum absolute atomic E-state index is 13.1. The first-order valence-electron chi connectivity index (χ1n) is 11.5. The summed E-state index contributed by atoms with van der Waals surface area (Å²) in [6, 6.07) is 5.59. The van der Waals surface area contributed by atoms with Crippen LogP contribution in [0.5, 0.6) is 0 Å². The van der Waals surface area contributed by atoms with Crippen LogP contribution in [0.1, 0.15) is 57.5 Å². The third-order valence-electron chi connectivity index (χ3n) is 5.56. The number of hydrogen-bond donors (Lipinski definition) is 0. The van der Waals surface area contributed by atoms with Gasteiger partial charge in [0.05, 0.1) is 6.54 Å². The Hall–Kier alpha value is -2.94. The van der Waals surface area contributed by atoms with Gasteiger partial charge in [-0.3, -0.25) is 4.79 Å². The second kappa shape index (κ2) is 11.0. The Balaban J connectivity index is 1.64. The summed E-state index contributed by atoms with van der Waals surface area (Å²) in [7, 11) is 0. The molecule has 0 saturated carbocycles. The van der Waals surface area contributed by atoms with E-state index in [-0.39, 0.29) is 18.0 Å². The summed E-state index contributed by atoms with van der Waals surface area (Å²) in [4.78, 5) is 30.5. The van der Waals surface area contributed by atoms with Crippen molar-refractivity contribution < 1.29 is 14.3 Å². The lowest BCUT2D eigenvalue weighted by molar-refractivity contribution is -0.128. The standard InChI is InChI=1S/C24H33ClN6O3/c1-6-30(21-11-13-29(14-12-21)23(33)34-24(3,4)5)22(32)10-8-18-7-9-20(25)15-19(18)16-31-27-17(2)26-28-31/h7-10,15,21H,6,11-14,16H2,1-5H3/b10-8+. The fourth-order valence-electron chi connectivity index (χ4n) is 3.95. The molecule has 3 rings (SSSR count). The predicted molar refractivity (Wildman–Crippen MR) is 130 cm³/mol. The normalized spacial score (nSPS) is 15.1. The van der Waals surface area contributed by atoms with Crippen molar-refractivity contribution in [2.24, 2.45) is 0 Å². The van der Waals surface area contributed by atoms with Crippen LogP contribution in [0, 0.1) is 6.92 Å². The molecule has 9 nitrogen and oxygen atoms in total. The number of amides is 2. The van der Waals surface area contributed by atoms with Gasteiger partial charge in [0.15, 0.2) is 5.82 Å². The Morgan fingerprint density at radius 2 is 1.97 bits per heavy atom. The van der Waals surface area contributed by atoms with Crippen molar-refractivity contribution >= 4 is 29.7 Å². The molecule has 1 aromatic carbocycles. The molecule has 10 heteroatoms. The van der Waals surface area contributed by atoms with Crippen LogP contribution in [0.3, 0.4) is 0 Å². The minimum atomic E-state index is -0.520. The highest BCUT2D eigenvalue weighted by atomic mass is 35.5. The van der Waals surface area contributed by atoms with E-state index in [2.05, 4.69) is 15.4 Å². The number of piperidine rings is 1. The molecule has 184 valence electrons. The molecule has 2 amide bonds. The Morgan fingerprint density at radius 1 is 1.26 bits per heavy atom. The molecule has 1 aliphatic rings. The number of ether oxygens (including phenoxy) is 1. The van der Waals surface area contributed by atoms with Crippen LogP contribution in [0.25, 0.3) is 6.08 Å². The van der Waals surface area contributed by atoms with E-state index in [1.165, 1.54) is 4.80 Å². The van der Waals surface area contributed by atoms with Crippen LogP contribution in [0.4, 0.5) is 4.79 Å². The molecule has 1 fully saturated rings. The number of nitrogens with zero attached hydrogens (tertiary/aromatic N) is 6. The highest BCUT2D eigenvalue weighted by molar-refractivity contribution is 6.30. The first-order valence-corrected chi connectivity index (χ1v) is 11.9. The van der Waals surface area contributed by atoms with Crippen molar-refractivity contribution in [1.29, 1.82) is 0 Å². The second-order valence-electron chi connectivity index (χ2n) is 9.37. The molecule has 0 unspecified atom stereocenters. The molecule has 2 aromatic rings. The van der Waals surface area contributed by atoms with Gasteiger partial charge in [-0.15, -0.1) is 10.2 Å². The van der Waals surface area contributed by atoms with E-state index in [0.717, 1.165) is 24.0 Å². The monoisotopic (exact) mass is 488 g/mol. The Morgan fingerprint density at radius 3 is 2.56 bits per heavy atom. The van der Waals surface area contributed by atoms with E-state index in [1.807, 2.05) is 44.7 Å². The minimum absolute atomic E-state index is 0.0613. The number of rotatable bonds is 6. The zero-order valence-electron chi connectivity index (χ0n) is 20.5. The Kier molecular flexibility index (Phi) is 8.30. The van der Waals surface area contributed by atoms with E-state index in [0.29, 0.717) is 37.0 Å². The molecule has 0 bridgehead atoms. The average Bonchev–Trinajstić information content (AvgIpc) is 3.17. The lowest BCUT2D eigenvalue weighted by Gasteiger charge is -2.38. The summed E-state index contributed by atoms with van der Waals surface area (Å²) in [5, 5.41) is 12.7. The van der Waals surface area contributed by atoms with Gasteiger partial charge in [0.2, 0.25) is 5.91 Å². The smallest absolute Gasteiger partial charge is 0.410 e. The van der Waals surface area contributed by atoms with Gasteiger partial charge in [0, 0.05) is 36.8 Å². The molecule has 1 saturated heterocycles. The van der Waals surface area contributed by atoms with Crippen molar-refractivity contribution in [3.8, 4) is 0 Å². The predicted octanol–water partition coefficient (Wildman–Crippen LogP) is 3.94. The molecular weight excluding hydrogens is 456 g/mol. The molecule has 2 heterocycles. The fourth-order valence-corrected chi connectivity index (χ4v) is 4.15. The van der Waals surface area contributed by atoms with Gasteiger partial charge in [0.1, 0.15) is 5.60 Å². The lowest BCUT2D eigenvalue weighted by Crippen LogP contribution is -2.49. The van der Waals surface area contributed by atoms with Gasteiger partial charge in [-0.2, -0.15) is 4.80 Å². The number of likely N-dealkylation sites (N-methyl/N-ethyl adjacent to an activating group) is 1. The molecule has 0 aliphatic carbocycles. The molecular formula is C24H33ClN6O3. The molecule has 0 spiro atoms. The number of benzene rings is 1. The molecule has 1 aliphatic heterocycles. The third-order valence-corrected chi connectivity index (χ3v) is 5.79. The topological polar surface area (TPSA) is 93.5 Å². The number of halogens is 1. The van der Waals surface area contributed by atoms with Crippen LogP contribution >= 0.6 is 11.6 Å². The van der Waals surface area contributed by atoms with E-state index < -0.39 is 5.60 Å². The molecule has 34 heavy (non-hydrogen) atoms. The number of aromatic nitrogens is 4. The molecule has 1 aromatic heterocycles. The SMILES string of the molecule is CCN(C(=O)/C=C/c1ccc(Cl)cc1Cn1nnc(C)n1)C1CCN(C(=O)OC(C)(C)C)CC1. The van der Waals surface area contributed by atoms with Gasteiger partial charge in [-0.25, -0.2) is 4.79 Å². The second-order valence-corrected chi connectivity index (χ2v) is 9.80. The first kappa shape index (κ1) is 25.7. The number of aryl methyl sites for hydroxylation is 1. The molecule has 0 N–H and O–H groups in total. The van der Waals surface area contributed by atoms with Crippen LogP contribution in [-0.4, -0.2) is 73.3 Å². The quantitative estimate of drug-likeness (QED) is 0.571. The van der Waals surface area contributed by atoms with E-state index >= 15 is 0 Å². The van der Waals surface area contributed by atoms with Crippen molar-refractivity contribution in [2.45, 2.75) is 65.6 Å². The minimum Gasteiger partial charge on any atom is -0.444 e. The zero-order chi connectivity index (χ0) is 24.9. The summed E-state index contributed by atoms with van der Waals surface area (Å²) in [5.41, 5.74) is 1.24. The van der Waals surface area contributed by atoms with Crippen LogP contribution < -0.4 is 0 Å². The van der Waals surface area contributed by atoms with Crippen molar-refractivity contribution in [2.75, 3.05) is 19.6 Å². The summed E-state index contributed by atoms with van der Waals surface area (Å²) in [6.45, 7) is 11.4. The summed E-state index contributed by atoms with van der Waals surface area (Å²) < 4.78 is 5.47. The lowest BCUT2D eigenvalue weighted by atomic mass is 10.0. The maximum atomic E-state index is 13.1.